The zero-order chi connectivity index (χ0) is 20.6. The molecule has 3 aromatic rings. The summed E-state index contributed by atoms with van der Waals surface area (Å²) in [5.41, 5.74) is 3.12. The first-order valence-electron chi connectivity index (χ1n) is 8.53. The molecule has 29 heavy (non-hydrogen) atoms. The summed E-state index contributed by atoms with van der Waals surface area (Å²) in [5, 5.41) is 26.4. The summed E-state index contributed by atoms with van der Waals surface area (Å²) < 4.78 is 5.75. The quantitative estimate of drug-likeness (QED) is 0.345. The number of nitro groups is 2. The van der Waals surface area contributed by atoms with E-state index in [9.17, 15) is 20.2 Å². The van der Waals surface area contributed by atoms with Crippen LogP contribution in [0.25, 0.3) is 0 Å². The number of nitrogens with one attached hydrogen (secondary N) is 1. The number of rotatable bonds is 8. The Morgan fingerprint density at radius 1 is 0.897 bits per heavy atom. The normalized spacial score (nSPS) is 11.0. The maximum Gasteiger partial charge on any atom is 0.301 e. The van der Waals surface area contributed by atoms with Crippen molar-refractivity contribution in [3.05, 3.63) is 105 Å². The minimum Gasteiger partial charge on any atom is -0.487 e. The van der Waals surface area contributed by atoms with Gasteiger partial charge in [0.1, 0.15) is 23.8 Å². The first-order valence-corrected chi connectivity index (χ1v) is 8.53. The molecule has 0 aromatic heterocycles. The SMILES string of the molecule is O=[N+]([O-])c1ccc(N/N=C(\COc2ccccc2)c2ccccc2)c([N+](=O)[O-])c1. The Hall–Kier alpha value is -4.27. The number of anilines is 1. The van der Waals surface area contributed by atoms with Crippen molar-refractivity contribution in [2.75, 3.05) is 12.0 Å². The lowest BCUT2D eigenvalue weighted by atomic mass is 10.1. The van der Waals surface area contributed by atoms with Crippen molar-refractivity contribution in [3.8, 4) is 5.75 Å². The van der Waals surface area contributed by atoms with Gasteiger partial charge in [0.2, 0.25) is 0 Å². The smallest absolute Gasteiger partial charge is 0.301 e. The average Bonchev–Trinajstić information content (AvgIpc) is 2.75. The molecule has 0 saturated heterocycles. The second-order valence-corrected chi connectivity index (χ2v) is 5.85. The fourth-order valence-corrected chi connectivity index (χ4v) is 2.49. The standard InChI is InChI=1S/C20H16N4O5/c25-23(26)16-11-12-18(20(13-16)24(27)28)21-22-19(15-7-3-1-4-8-15)14-29-17-9-5-2-6-10-17/h1-13,21H,14H2/b22-19+. The van der Waals surface area contributed by atoms with Crippen LogP contribution in [0.5, 0.6) is 5.75 Å². The number of ether oxygens (including phenoxy) is 1. The number of hydrogen-bond donors (Lipinski definition) is 1. The van der Waals surface area contributed by atoms with E-state index in [2.05, 4.69) is 10.5 Å². The van der Waals surface area contributed by atoms with Gasteiger partial charge in [0.15, 0.2) is 0 Å². The zero-order valence-corrected chi connectivity index (χ0v) is 15.1. The molecular formula is C20H16N4O5. The number of benzene rings is 3. The van der Waals surface area contributed by atoms with Crippen molar-refractivity contribution in [1.29, 1.82) is 0 Å². The highest BCUT2D eigenvalue weighted by atomic mass is 16.6. The van der Waals surface area contributed by atoms with Crippen molar-refractivity contribution in [2.45, 2.75) is 0 Å². The second-order valence-electron chi connectivity index (χ2n) is 5.85. The molecule has 0 amide bonds. The Morgan fingerprint density at radius 2 is 1.55 bits per heavy atom. The number of nitrogens with zero attached hydrogens (tertiary/aromatic N) is 3. The Labute approximate surface area is 165 Å². The van der Waals surface area contributed by atoms with Crippen molar-refractivity contribution < 1.29 is 14.6 Å². The van der Waals surface area contributed by atoms with Gasteiger partial charge < -0.3 is 4.74 Å². The van der Waals surface area contributed by atoms with Gasteiger partial charge in [-0.25, -0.2) is 0 Å². The molecule has 0 unspecified atom stereocenters. The monoisotopic (exact) mass is 392 g/mol. The van der Waals surface area contributed by atoms with E-state index in [0.717, 1.165) is 11.6 Å². The van der Waals surface area contributed by atoms with Crippen LogP contribution in [-0.4, -0.2) is 22.2 Å². The summed E-state index contributed by atoms with van der Waals surface area (Å²) in [4.78, 5) is 20.8. The molecule has 1 N–H and O–H groups in total. The van der Waals surface area contributed by atoms with Crippen LogP contribution in [0.4, 0.5) is 17.1 Å². The number of non-ortho nitro benzene ring substituents is 1. The average molecular weight is 392 g/mol. The number of para-hydroxylation sites is 1. The lowest BCUT2D eigenvalue weighted by Gasteiger charge is -2.10. The Kier molecular flexibility index (Phi) is 6.11. The molecule has 0 spiro atoms. The van der Waals surface area contributed by atoms with Crippen LogP contribution < -0.4 is 10.2 Å². The van der Waals surface area contributed by atoms with Crippen LogP contribution in [0.15, 0.2) is 84.0 Å². The lowest BCUT2D eigenvalue weighted by Crippen LogP contribution is -2.15. The number of nitro benzene ring substituents is 2. The van der Waals surface area contributed by atoms with Crippen LogP contribution in [0, 0.1) is 20.2 Å². The summed E-state index contributed by atoms with van der Waals surface area (Å²) in [6.07, 6.45) is 0. The van der Waals surface area contributed by atoms with E-state index in [1.165, 1.54) is 12.1 Å². The van der Waals surface area contributed by atoms with Crippen molar-refractivity contribution >= 4 is 22.8 Å². The molecule has 9 nitrogen and oxygen atoms in total. The molecule has 0 aliphatic heterocycles. The topological polar surface area (TPSA) is 120 Å². The van der Waals surface area contributed by atoms with Crippen LogP contribution >= 0.6 is 0 Å². The third-order valence-electron chi connectivity index (χ3n) is 3.93. The predicted molar refractivity (Wildman–Crippen MR) is 108 cm³/mol. The molecule has 3 rings (SSSR count). The van der Waals surface area contributed by atoms with Gasteiger partial charge >= 0.3 is 5.69 Å². The molecule has 0 aliphatic rings. The first kappa shape index (κ1) is 19.5. The number of hydrogen-bond acceptors (Lipinski definition) is 7. The van der Waals surface area contributed by atoms with Gasteiger partial charge in [0.25, 0.3) is 5.69 Å². The van der Waals surface area contributed by atoms with Gasteiger partial charge in [0, 0.05) is 11.6 Å². The molecule has 3 aromatic carbocycles. The highest BCUT2D eigenvalue weighted by Gasteiger charge is 2.19. The lowest BCUT2D eigenvalue weighted by molar-refractivity contribution is -0.393. The summed E-state index contributed by atoms with van der Waals surface area (Å²) in [6.45, 7) is 0.113. The molecule has 9 heteroatoms. The van der Waals surface area contributed by atoms with E-state index in [-0.39, 0.29) is 18.0 Å². The van der Waals surface area contributed by atoms with E-state index < -0.39 is 15.5 Å². The summed E-state index contributed by atoms with van der Waals surface area (Å²) in [6, 6.07) is 21.7. The molecule has 0 aliphatic carbocycles. The fraction of sp³-hybridized carbons (Fsp3) is 0.0500. The molecule has 146 valence electrons. The van der Waals surface area contributed by atoms with E-state index in [4.69, 9.17) is 4.74 Å². The molecule has 0 saturated carbocycles. The molecular weight excluding hydrogens is 376 g/mol. The van der Waals surface area contributed by atoms with Crippen LogP contribution in [0.1, 0.15) is 5.56 Å². The molecule has 0 radical (unpaired) electrons. The largest absolute Gasteiger partial charge is 0.487 e. The zero-order valence-electron chi connectivity index (χ0n) is 15.1. The van der Waals surface area contributed by atoms with Crippen molar-refractivity contribution in [2.24, 2.45) is 5.10 Å². The van der Waals surface area contributed by atoms with Crippen LogP contribution in [-0.2, 0) is 0 Å². The van der Waals surface area contributed by atoms with Gasteiger partial charge in [-0.15, -0.1) is 0 Å². The fourth-order valence-electron chi connectivity index (χ4n) is 2.49. The summed E-state index contributed by atoms with van der Waals surface area (Å²) in [7, 11) is 0. The maximum absolute atomic E-state index is 11.3. The second kappa shape index (κ2) is 9.09. The van der Waals surface area contributed by atoms with E-state index >= 15 is 0 Å². The third kappa shape index (κ3) is 5.13. The van der Waals surface area contributed by atoms with E-state index in [0.29, 0.717) is 11.5 Å². The number of hydrazone groups is 1. The van der Waals surface area contributed by atoms with Gasteiger partial charge in [-0.2, -0.15) is 5.10 Å². The molecule has 0 bridgehead atoms. The Bertz CT molecular complexity index is 1040. The van der Waals surface area contributed by atoms with Crippen LogP contribution in [0.3, 0.4) is 0 Å². The van der Waals surface area contributed by atoms with E-state index in [1.807, 2.05) is 48.5 Å². The van der Waals surface area contributed by atoms with Gasteiger partial charge in [-0.1, -0.05) is 48.5 Å². The minimum absolute atomic E-state index is 0.0359. The van der Waals surface area contributed by atoms with Gasteiger partial charge in [-0.3, -0.25) is 25.7 Å². The Balaban J connectivity index is 1.88. The predicted octanol–water partition coefficient (Wildman–Crippen LogP) is 4.40. The summed E-state index contributed by atoms with van der Waals surface area (Å²) >= 11 is 0. The molecule has 0 atom stereocenters. The molecule has 0 heterocycles. The third-order valence-corrected chi connectivity index (χ3v) is 3.93. The minimum atomic E-state index is -0.701. The van der Waals surface area contributed by atoms with Crippen molar-refractivity contribution in [3.63, 3.8) is 0 Å². The van der Waals surface area contributed by atoms with Crippen LogP contribution in [0.2, 0.25) is 0 Å². The summed E-state index contributed by atoms with van der Waals surface area (Å²) in [5.74, 6) is 0.650. The highest BCUT2D eigenvalue weighted by Crippen LogP contribution is 2.29. The first-order chi connectivity index (χ1) is 14.0. The van der Waals surface area contributed by atoms with E-state index in [1.54, 1.807) is 12.1 Å². The van der Waals surface area contributed by atoms with Gasteiger partial charge in [0.05, 0.1) is 15.9 Å². The maximum atomic E-state index is 11.3. The molecule has 0 fully saturated rings. The van der Waals surface area contributed by atoms with Crippen molar-refractivity contribution in [1.82, 2.24) is 0 Å². The highest BCUT2D eigenvalue weighted by molar-refractivity contribution is 6.02. The van der Waals surface area contributed by atoms with Gasteiger partial charge in [-0.05, 0) is 18.2 Å². The Morgan fingerprint density at radius 3 is 2.17 bits per heavy atom.